The van der Waals surface area contributed by atoms with Gasteiger partial charge in [-0.2, -0.15) is 0 Å². The van der Waals surface area contributed by atoms with Crippen LogP contribution >= 0.6 is 15.9 Å². The van der Waals surface area contributed by atoms with Gasteiger partial charge >= 0.3 is 0 Å². The molecule has 1 saturated heterocycles. The molecule has 1 amide bonds. The quantitative estimate of drug-likeness (QED) is 0.239. The minimum absolute atomic E-state index is 0.121. The van der Waals surface area contributed by atoms with Gasteiger partial charge in [-0.15, -0.1) is 0 Å². The fourth-order valence-corrected chi connectivity index (χ4v) is 5.85. The third-order valence-electron chi connectivity index (χ3n) is 5.22. The van der Waals surface area contributed by atoms with Crippen molar-refractivity contribution in [3.63, 3.8) is 0 Å². The van der Waals surface area contributed by atoms with Crippen LogP contribution in [0.25, 0.3) is 6.08 Å². The maximum Gasteiger partial charge on any atom is 0.271 e. The maximum atomic E-state index is 13.7. The highest BCUT2D eigenvalue weighted by molar-refractivity contribution is 9.10. The van der Waals surface area contributed by atoms with E-state index in [-0.39, 0.29) is 16.2 Å². The summed E-state index contributed by atoms with van der Waals surface area (Å²) in [5.41, 5.74) is 0.710. The van der Waals surface area contributed by atoms with Gasteiger partial charge in [0, 0.05) is 22.3 Å². The van der Waals surface area contributed by atoms with Crippen LogP contribution in [0, 0.1) is 10.1 Å². The number of hydrogen-bond acceptors (Lipinski definition) is 6. The second kappa shape index (κ2) is 9.40. The molecule has 174 valence electrons. The number of sulfone groups is 1. The molecule has 1 atom stereocenters. The minimum atomic E-state index is -4.23. The van der Waals surface area contributed by atoms with Gasteiger partial charge in [0.25, 0.3) is 11.6 Å². The Morgan fingerprint density at radius 2 is 1.76 bits per heavy atom. The van der Waals surface area contributed by atoms with E-state index in [9.17, 15) is 23.3 Å². The van der Waals surface area contributed by atoms with E-state index in [1.807, 2.05) is 6.92 Å². The fraction of sp³-hybridized carbons (Fsp3) is 0.125. The Bertz CT molecular complexity index is 1390. The molecule has 1 fully saturated rings. The molecule has 3 aromatic rings. The van der Waals surface area contributed by atoms with Crippen molar-refractivity contribution in [1.82, 2.24) is 0 Å². The van der Waals surface area contributed by atoms with Gasteiger partial charge < -0.3 is 4.74 Å². The van der Waals surface area contributed by atoms with Crippen LogP contribution in [0.15, 0.2) is 82.2 Å². The molecule has 0 unspecified atom stereocenters. The Morgan fingerprint density at radius 1 is 1.09 bits per heavy atom. The van der Waals surface area contributed by atoms with E-state index in [1.54, 1.807) is 48.5 Å². The van der Waals surface area contributed by atoms with Crippen molar-refractivity contribution in [2.45, 2.75) is 12.3 Å². The van der Waals surface area contributed by atoms with Crippen molar-refractivity contribution in [3.8, 4) is 5.75 Å². The topological polar surface area (TPSA) is 107 Å². The number of carbonyl (C=O) groups is 1. The highest BCUT2D eigenvalue weighted by atomic mass is 79.9. The summed E-state index contributed by atoms with van der Waals surface area (Å²) in [5.74, 6) is -0.151. The lowest BCUT2D eigenvalue weighted by atomic mass is 10.1. The van der Waals surface area contributed by atoms with E-state index < -0.39 is 26.0 Å². The third-order valence-corrected chi connectivity index (χ3v) is 7.73. The summed E-state index contributed by atoms with van der Waals surface area (Å²) in [5, 5.41) is 9.86. The van der Waals surface area contributed by atoms with Crippen LogP contribution in [0.4, 0.5) is 11.4 Å². The van der Waals surface area contributed by atoms with Gasteiger partial charge in [-0.25, -0.2) is 8.42 Å². The smallest absolute Gasteiger partial charge is 0.271 e. The van der Waals surface area contributed by atoms with E-state index in [4.69, 9.17) is 4.74 Å². The molecule has 0 aliphatic carbocycles. The number of nitrogens with zero attached hydrogens (tertiary/aromatic N) is 2. The first-order chi connectivity index (χ1) is 16.2. The number of hydrogen-bond donors (Lipinski definition) is 0. The van der Waals surface area contributed by atoms with E-state index in [0.29, 0.717) is 23.6 Å². The second-order valence-electron chi connectivity index (χ2n) is 7.41. The Labute approximate surface area is 204 Å². The van der Waals surface area contributed by atoms with Gasteiger partial charge in [-0.3, -0.25) is 19.8 Å². The highest BCUT2D eigenvalue weighted by Crippen LogP contribution is 2.44. The summed E-state index contributed by atoms with van der Waals surface area (Å²) < 4.78 is 33.6. The van der Waals surface area contributed by atoms with Crippen molar-refractivity contribution in [2.75, 3.05) is 11.5 Å². The number of anilines is 1. The number of nitro benzene ring substituents is 1. The standard InChI is InChI=1S/C24H19BrN2O6S/c1-2-33-21-12-10-19(11-13-21)26-23(28)22(14-16-6-8-18(25)9-7-16)34(31,32)24(26)17-4-3-5-20(15-17)27(29)30/h3-15,24H,2H2,1H3/b22-14+/t24-/m1/s1. The Morgan fingerprint density at radius 3 is 2.38 bits per heavy atom. The largest absolute Gasteiger partial charge is 0.494 e. The predicted molar refractivity (Wildman–Crippen MR) is 132 cm³/mol. The lowest BCUT2D eigenvalue weighted by molar-refractivity contribution is -0.384. The van der Waals surface area contributed by atoms with E-state index in [2.05, 4.69) is 15.9 Å². The van der Waals surface area contributed by atoms with Crippen LogP contribution < -0.4 is 9.64 Å². The number of nitro groups is 1. The molecule has 0 radical (unpaired) electrons. The molecule has 1 aliphatic heterocycles. The lowest BCUT2D eigenvalue weighted by Gasteiger charge is -2.23. The van der Waals surface area contributed by atoms with Gasteiger partial charge in [-0.05, 0) is 60.5 Å². The normalized spacial score (nSPS) is 18.3. The molecule has 1 heterocycles. The molecule has 8 nitrogen and oxygen atoms in total. The van der Waals surface area contributed by atoms with E-state index >= 15 is 0 Å². The molecular weight excluding hydrogens is 524 g/mol. The van der Waals surface area contributed by atoms with Crippen molar-refractivity contribution < 1.29 is 22.9 Å². The number of amides is 1. The molecular formula is C24H19BrN2O6S. The maximum absolute atomic E-state index is 13.7. The second-order valence-corrected chi connectivity index (χ2v) is 10.3. The van der Waals surface area contributed by atoms with Crippen LogP contribution in [0.3, 0.4) is 0 Å². The number of benzene rings is 3. The molecule has 3 aromatic carbocycles. The number of ether oxygens (including phenoxy) is 1. The number of non-ortho nitro benzene ring substituents is 1. The van der Waals surface area contributed by atoms with Crippen molar-refractivity contribution >= 4 is 49.1 Å². The average molecular weight is 543 g/mol. The molecule has 0 aromatic heterocycles. The van der Waals surface area contributed by atoms with Gasteiger partial charge in [0.05, 0.1) is 11.5 Å². The van der Waals surface area contributed by atoms with Gasteiger partial charge in [0.2, 0.25) is 9.84 Å². The van der Waals surface area contributed by atoms with Gasteiger partial charge in [-0.1, -0.05) is 40.2 Å². The summed E-state index contributed by atoms with van der Waals surface area (Å²) in [6.45, 7) is 2.29. The van der Waals surface area contributed by atoms with Crippen LogP contribution in [0.5, 0.6) is 5.75 Å². The van der Waals surface area contributed by atoms with Crippen molar-refractivity contribution in [2.24, 2.45) is 0 Å². The first kappa shape index (κ1) is 23.7. The Hall–Kier alpha value is -3.50. The third kappa shape index (κ3) is 4.46. The summed E-state index contributed by atoms with van der Waals surface area (Å²) >= 11 is 3.33. The summed E-state index contributed by atoms with van der Waals surface area (Å²) in [6, 6.07) is 18.6. The van der Waals surface area contributed by atoms with Crippen LogP contribution in [-0.2, 0) is 14.6 Å². The zero-order valence-corrected chi connectivity index (χ0v) is 20.3. The minimum Gasteiger partial charge on any atom is -0.494 e. The molecule has 1 aliphatic rings. The number of rotatable bonds is 6. The van der Waals surface area contributed by atoms with Crippen LogP contribution in [0.1, 0.15) is 23.4 Å². The zero-order chi connectivity index (χ0) is 24.5. The summed E-state index contributed by atoms with van der Waals surface area (Å²) in [6.07, 6.45) is 1.32. The highest BCUT2D eigenvalue weighted by Gasteiger charge is 2.50. The molecule has 0 N–H and O–H groups in total. The predicted octanol–water partition coefficient (Wildman–Crippen LogP) is 5.26. The first-order valence-corrected chi connectivity index (χ1v) is 12.6. The van der Waals surface area contributed by atoms with Crippen LogP contribution in [-0.4, -0.2) is 25.9 Å². The summed E-state index contributed by atoms with van der Waals surface area (Å²) in [7, 11) is -4.23. The fourth-order valence-electron chi connectivity index (χ4n) is 3.70. The van der Waals surface area contributed by atoms with Crippen molar-refractivity contribution in [3.05, 3.63) is 103 Å². The molecule has 34 heavy (non-hydrogen) atoms. The average Bonchev–Trinajstić information content (AvgIpc) is 3.01. The Balaban J connectivity index is 1.89. The molecule has 0 spiro atoms. The lowest BCUT2D eigenvalue weighted by Crippen LogP contribution is -2.29. The Kier molecular flexibility index (Phi) is 6.54. The van der Waals surface area contributed by atoms with E-state index in [0.717, 1.165) is 9.37 Å². The summed E-state index contributed by atoms with van der Waals surface area (Å²) in [4.78, 5) is 25.0. The molecule has 10 heteroatoms. The van der Waals surface area contributed by atoms with Crippen LogP contribution in [0.2, 0.25) is 0 Å². The monoisotopic (exact) mass is 542 g/mol. The number of halogens is 1. The molecule has 4 rings (SSSR count). The van der Waals surface area contributed by atoms with E-state index in [1.165, 1.54) is 30.3 Å². The zero-order valence-electron chi connectivity index (χ0n) is 17.9. The van der Waals surface area contributed by atoms with Gasteiger partial charge in [0.1, 0.15) is 10.7 Å². The first-order valence-electron chi connectivity index (χ1n) is 10.2. The number of carbonyl (C=O) groups excluding carboxylic acids is 1. The molecule has 0 saturated carbocycles. The SMILES string of the molecule is CCOc1ccc(N2C(=O)/C(=C\c3ccc(Br)cc3)S(=O)(=O)[C@@H]2c2cccc([N+](=O)[O-])c2)cc1. The van der Waals surface area contributed by atoms with Gasteiger partial charge in [0.15, 0.2) is 5.37 Å². The van der Waals surface area contributed by atoms with Crippen molar-refractivity contribution in [1.29, 1.82) is 0 Å². The molecule has 0 bridgehead atoms.